The van der Waals surface area contributed by atoms with Crippen LogP contribution in [-0.2, 0) is 16.1 Å². The Bertz CT molecular complexity index is 763. The molecule has 2 rings (SSSR count). The highest BCUT2D eigenvalue weighted by molar-refractivity contribution is 5.95. The smallest absolute Gasteiger partial charge is 0.338 e. The Balaban J connectivity index is 1.93. The van der Waals surface area contributed by atoms with Gasteiger partial charge in [0.05, 0.1) is 17.9 Å². The van der Waals surface area contributed by atoms with E-state index in [1.54, 1.807) is 0 Å². The van der Waals surface area contributed by atoms with Gasteiger partial charge in [-0.2, -0.15) is 0 Å². The van der Waals surface area contributed by atoms with E-state index >= 15 is 0 Å². The summed E-state index contributed by atoms with van der Waals surface area (Å²) in [6.07, 6.45) is 0. The summed E-state index contributed by atoms with van der Waals surface area (Å²) < 4.78 is 43.9. The maximum Gasteiger partial charge on any atom is 0.338 e. The summed E-state index contributed by atoms with van der Waals surface area (Å²) >= 11 is 0. The fourth-order valence-corrected chi connectivity index (χ4v) is 1.77. The molecule has 0 fully saturated rings. The minimum atomic E-state index is -1.71. The Hall–Kier alpha value is -2.87. The number of benzene rings is 2. The number of carbonyl (C=O) groups excluding carboxylic acids is 2. The average molecular weight is 339 g/mol. The van der Waals surface area contributed by atoms with Crippen molar-refractivity contribution >= 4 is 17.6 Å². The number of hydrogen-bond acceptors (Lipinski definition) is 4. The van der Waals surface area contributed by atoms with Crippen molar-refractivity contribution in [3.63, 3.8) is 0 Å². The number of nitrogens with one attached hydrogen (secondary N) is 1. The van der Waals surface area contributed by atoms with Gasteiger partial charge in [0.15, 0.2) is 24.1 Å². The summed E-state index contributed by atoms with van der Waals surface area (Å²) in [5.41, 5.74) is 0.180. The zero-order valence-electron chi connectivity index (χ0n) is 12.2. The number of hydrogen-bond donors (Lipinski definition) is 2. The highest BCUT2D eigenvalue weighted by Crippen LogP contribution is 2.19. The van der Waals surface area contributed by atoms with Crippen molar-refractivity contribution in [2.75, 3.05) is 11.9 Å². The van der Waals surface area contributed by atoms with Crippen LogP contribution in [0.25, 0.3) is 0 Å². The zero-order chi connectivity index (χ0) is 17.7. The van der Waals surface area contributed by atoms with Crippen molar-refractivity contribution < 1.29 is 32.6 Å². The number of ether oxygens (including phenoxy) is 1. The Morgan fingerprint density at radius 1 is 1.00 bits per heavy atom. The van der Waals surface area contributed by atoms with E-state index in [-0.39, 0.29) is 12.2 Å². The molecule has 0 aromatic heterocycles. The molecule has 2 aromatic rings. The van der Waals surface area contributed by atoms with Crippen LogP contribution in [0.4, 0.5) is 18.9 Å². The van der Waals surface area contributed by atoms with Gasteiger partial charge in [-0.15, -0.1) is 0 Å². The molecule has 0 unspecified atom stereocenters. The molecule has 2 N–H and O–H groups in total. The molecule has 0 radical (unpaired) electrons. The first-order valence-electron chi connectivity index (χ1n) is 6.72. The number of anilines is 1. The summed E-state index contributed by atoms with van der Waals surface area (Å²) in [5.74, 6) is -6.37. The number of rotatable bonds is 5. The largest absolute Gasteiger partial charge is 0.452 e. The summed E-state index contributed by atoms with van der Waals surface area (Å²) in [5, 5.41) is 10.9. The van der Waals surface area contributed by atoms with Crippen LogP contribution in [-0.4, -0.2) is 23.6 Å². The number of carbonyl (C=O) groups is 2. The third-order valence-corrected chi connectivity index (χ3v) is 3.02. The molecule has 0 aliphatic carbocycles. The normalized spacial score (nSPS) is 10.3. The summed E-state index contributed by atoms with van der Waals surface area (Å²) in [7, 11) is 0. The monoisotopic (exact) mass is 339 g/mol. The number of aliphatic hydroxyl groups excluding tert-OH is 1. The van der Waals surface area contributed by atoms with Gasteiger partial charge in [-0.3, -0.25) is 4.79 Å². The molecule has 0 heterocycles. The van der Waals surface area contributed by atoms with E-state index in [9.17, 15) is 22.8 Å². The zero-order valence-corrected chi connectivity index (χ0v) is 12.2. The molecule has 0 saturated carbocycles. The van der Waals surface area contributed by atoms with Gasteiger partial charge in [-0.25, -0.2) is 18.0 Å². The van der Waals surface area contributed by atoms with Crippen LogP contribution in [0, 0.1) is 17.5 Å². The molecule has 2 aromatic carbocycles. The standard InChI is InChI=1S/C16H12F3NO4/c17-11-5-6-12(15(19)14(11)18)20-13(22)8-24-16(23)10-3-1-9(7-21)2-4-10/h1-6,21H,7-8H2,(H,20,22). The molecule has 1 amide bonds. The van der Waals surface area contributed by atoms with Crippen molar-refractivity contribution in [3.8, 4) is 0 Å². The predicted octanol–water partition coefficient (Wildman–Crippen LogP) is 2.39. The lowest BCUT2D eigenvalue weighted by molar-refractivity contribution is -0.119. The van der Waals surface area contributed by atoms with Gasteiger partial charge in [-0.05, 0) is 29.8 Å². The van der Waals surface area contributed by atoms with Gasteiger partial charge in [0.1, 0.15) is 0 Å². The van der Waals surface area contributed by atoms with Crippen LogP contribution in [0.1, 0.15) is 15.9 Å². The van der Waals surface area contributed by atoms with Gasteiger partial charge in [0.2, 0.25) is 0 Å². The Morgan fingerprint density at radius 3 is 2.29 bits per heavy atom. The maximum atomic E-state index is 13.4. The lowest BCUT2D eigenvalue weighted by Crippen LogP contribution is -2.21. The van der Waals surface area contributed by atoms with E-state index < -0.39 is 41.6 Å². The number of esters is 1. The van der Waals surface area contributed by atoms with Gasteiger partial charge >= 0.3 is 5.97 Å². The summed E-state index contributed by atoms with van der Waals surface area (Å²) in [6.45, 7) is -0.920. The Labute approximate surface area is 134 Å². The first-order valence-corrected chi connectivity index (χ1v) is 6.72. The van der Waals surface area contributed by atoms with Crippen molar-refractivity contribution in [1.29, 1.82) is 0 Å². The van der Waals surface area contributed by atoms with E-state index in [2.05, 4.69) is 0 Å². The third kappa shape index (κ3) is 4.11. The van der Waals surface area contributed by atoms with Gasteiger partial charge in [0.25, 0.3) is 5.91 Å². The molecule has 8 heteroatoms. The highest BCUT2D eigenvalue weighted by atomic mass is 19.2. The average Bonchev–Trinajstić information content (AvgIpc) is 2.60. The van der Waals surface area contributed by atoms with Crippen LogP contribution in [0.15, 0.2) is 36.4 Å². The number of halogens is 3. The van der Waals surface area contributed by atoms with E-state index in [1.165, 1.54) is 24.3 Å². The lowest BCUT2D eigenvalue weighted by Gasteiger charge is -2.08. The van der Waals surface area contributed by atoms with E-state index in [4.69, 9.17) is 9.84 Å². The van der Waals surface area contributed by atoms with E-state index in [1.807, 2.05) is 5.32 Å². The second-order valence-electron chi connectivity index (χ2n) is 4.70. The molecule has 0 aliphatic rings. The fourth-order valence-electron chi connectivity index (χ4n) is 1.77. The molecule has 126 valence electrons. The maximum absolute atomic E-state index is 13.4. The molecule has 0 saturated heterocycles. The highest BCUT2D eigenvalue weighted by Gasteiger charge is 2.16. The number of aliphatic hydroxyl groups is 1. The van der Waals surface area contributed by atoms with Gasteiger partial charge < -0.3 is 15.2 Å². The van der Waals surface area contributed by atoms with E-state index in [0.717, 1.165) is 6.07 Å². The van der Waals surface area contributed by atoms with Crippen LogP contribution >= 0.6 is 0 Å². The molecule has 0 atom stereocenters. The molecule has 0 aliphatic heterocycles. The van der Waals surface area contributed by atoms with Crippen molar-refractivity contribution in [2.24, 2.45) is 0 Å². The van der Waals surface area contributed by atoms with Crippen LogP contribution in [0.2, 0.25) is 0 Å². The quantitative estimate of drug-likeness (QED) is 0.648. The van der Waals surface area contributed by atoms with Gasteiger partial charge in [0, 0.05) is 0 Å². The fraction of sp³-hybridized carbons (Fsp3) is 0.125. The first-order chi connectivity index (χ1) is 11.4. The topological polar surface area (TPSA) is 75.6 Å². The molecule has 24 heavy (non-hydrogen) atoms. The first kappa shape index (κ1) is 17.5. The van der Waals surface area contributed by atoms with Crippen LogP contribution in [0.5, 0.6) is 0 Å². The second-order valence-corrected chi connectivity index (χ2v) is 4.70. The summed E-state index contributed by atoms with van der Waals surface area (Å²) in [6, 6.07) is 7.33. The second kappa shape index (κ2) is 7.60. The van der Waals surface area contributed by atoms with Crippen LogP contribution < -0.4 is 5.32 Å². The molecular weight excluding hydrogens is 327 g/mol. The summed E-state index contributed by atoms with van der Waals surface area (Å²) in [4.78, 5) is 23.3. The molecule has 0 spiro atoms. The SMILES string of the molecule is O=C(COC(=O)c1ccc(CO)cc1)Nc1ccc(F)c(F)c1F. The van der Waals surface area contributed by atoms with Gasteiger partial charge in [-0.1, -0.05) is 12.1 Å². The molecule has 5 nitrogen and oxygen atoms in total. The minimum Gasteiger partial charge on any atom is -0.452 e. The number of amides is 1. The molecular formula is C16H12F3NO4. The Kier molecular flexibility index (Phi) is 5.54. The molecule has 0 bridgehead atoms. The lowest BCUT2D eigenvalue weighted by atomic mass is 10.1. The van der Waals surface area contributed by atoms with Crippen molar-refractivity contribution in [3.05, 3.63) is 65.0 Å². The minimum absolute atomic E-state index is 0.152. The predicted molar refractivity (Wildman–Crippen MR) is 77.6 cm³/mol. The van der Waals surface area contributed by atoms with Crippen molar-refractivity contribution in [1.82, 2.24) is 0 Å². The Morgan fingerprint density at radius 2 is 1.67 bits per heavy atom. The third-order valence-electron chi connectivity index (χ3n) is 3.02. The van der Waals surface area contributed by atoms with Crippen LogP contribution in [0.3, 0.4) is 0 Å². The van der Waals surface area contributed by atoms with Crippen molar-refractivity contribution in [2.45, 2.75) is 6.61 Å². The van der Waals surface area contributed by atoms with E-state index in [0.29, 0.717) is 11.6 Å².